The number of nitrogens with two attached hydrogens (primary N) is 1. The van der Waals surface area contributed by atoms with Crippen molar-refractivity contribution in [1.82, 2.24) is 24.8 Å². The molecule has 3 aromatic heterocycles. The molecule has 160 valence electrons. The second kappa shape index (κ2) is 8.05. The van der Waals surface area contributed by atoms with Crippen LogP contribution in [0.5, 0.6) is 0 Å². The number of imidazole rings is 1. The molecule has 0 fully saturated rings. The SMILES string of the molecule is CNCC1=CCC(C)(n2c(-c3cccnc3N)nc3ccc(-c4ccccc4)nc32)C=C1. The zero-order valence-electron chi connectivity index (χ0n) is 18.3. The third-order valence-corrected chi connectivity index (χ3v) is 5.98. The van der Waals surface area contributed by atoms with Gasteiger partial charge in [-0.1, -0.05) is 48.6 Å². The highest BCUT2D eigenvalue weighted by molar-refractivity contribution is 5.83. The van der Waals surface area contributed by atoms with E-state index in [2.05, 4.69) is 52.2 Å². The summed E-state index contributed by atoms with van der Waals surface area (Å²) in [4.78, 5) is 14.3. The Morgan fingerprint density at radius 1 is 1.06 bits per heavy atom. The molecule has 0 aliphatic heterocycles. The van der Waals surface area contributed by atoms with Gasteiger partial charge in [-0.25, -0.2) is 15.0 Å². The fraction of sp³-hybridized carbons (Fsp3) is 0.192. The molecule has 0 bridgehead atoms. The molecule has 1 atom stereocenters. The van der Waals surface area contributed by atoms with Gasteiger partial charge in [0.1, 0.15) is 17.2 Å². The molecule has 1 aromatic carbocycles. The quantitative estimate of drug-likeness (QED) is 0.493. The van der Waals surface area contributed by atoms with E-state index in [1.165, 1.54) is 5.57 Å². The van der Waals surface area contributed by atoms with Crippen molar-refractivity contribution in [2.24, 2.45) is 0 Å². The predicted octanol–water partition coefficient (Wildman–Crippen LogP) is 4.56. The van der Waals surface area contributed by atoms with Gasteiger partial charge in [-0.15, -0.1) is 0 Å². The Hall–Kier alpha value is -3.77. The summed E-state index contributed by atoms with van der Waals surface area (Å²) in [6, 6.07) is 18.1. The molecule has 4 aromatic rings. The van der Waals surface area contributed by atoms with E-state index < -0.39 is 0 Å². The lowest BCUT2D eigenvalue weighted by molar-refractivity contribution is 0.423. The molecule has 0 amide bonds. The molecule has 6 nitrogen and oxygen atoms in total. The number of pyridine rings is 2. The molecule has 32 heavy (non-hydrogen) atoms. The van der Waals surface area contributed by atoms with E-state index in [0.29, 0.717) is 5.82 Å². The van der Waals surface area contributed by atoms with Gasteiger partial charge in [0.25, 0.3) is 0 Å². The van der Waals surface area contributed by atoms with Crippen LogP contribution in [0.4, 0.5) is 5.82 Å². The van der Waals surface area contributed by atoms with Gasteiger partial charge in [0.15, 0.2) is 5.65 Å². The first-order valence-electron chi connectivity index (χ1n) is 10.8. The van der Waals surface area contributed by atoms with Crippen LogP contribution in [0.15, 0.2) is 84.6 Å². The van der Waals surface area contributed by atoms with Crippen molar-refractivity contribution in [2.45, 2.75) is 18.9 Å². The normalized spacial score (nSPS) is 18.1. The third kappa shape index (κ3) is 3.48. The average molecular weight is 423 g/mol. The summed E-state index contributed by atoms with van der Waals surface area (Å²) in [6.07, 6.45) is 9.24. The van der Waals surface area contributed by atoms with Crippen molar-refractivity contribution in [3.8, 4) is 22.6 Å². The van der Waals surface area contributed by atoms with E-state index in [9.17, 15) is 0 Å². The van der Waals surface area contributed by atoms with Crippen LogP contribution in [0.25, 0.3) is 33.8 Å². The van der Waals surface area contributed by atoms with Crippen LogP contribution in [-0.4, -0.2) is 33.1 Å². The maximum Gasteiger partial charge on any atom is 0.161 e. The molecular weight excluding hydrogens is 396 g/mol. The maximum atomic E-state index is 6.28. The highest BCUT2D eigenvalue weighted by Crippen LogP contribution is 2.38. The highest BCUT2D eigenvalue weighted by atomic mass is 15.2. The van der Waals surface area contributed by atoms with Crippen LogP contribution >= 0.6 is 0 Å². The Labute approximate surface area is 187 Å². The van der Waals surface area contributed by atoms with Gasteiger partial charge >= 0.3 is 0 Å². The number of benzene rings is 1. The largest absolute Gasteiger partial charge is 0.383 e. The molecule has 1 aliphatic rings. The van der Waals surface area contributed by atoms with Gasteiger partial charge in [-0.3, -0.25) is 4.57 Å². The Bertz CT molecular complexity index is 1340. The van der Waals surface area contributed by atoms with Crippen LogP contribution < -0.4 is 11.1 Å². The van der Waals surface area contributed by atoms with E-state index in [0.717, 1.165) is 46.8 Å². The minimum atomic E-state index is -0.341. The van der Waals surface area contributed by atoms with E-state index in [1.807, 2.05) is 49.5 Å². The molecule has 5 rings (SSSR count). The van der Waals surface area contributed by atoms with Crippen molar-refractivity contribution in [3.63, 3.8) is 0 Å². The van der Waals surface area contributed by atoms with Gasteiger partial charge in [0.2, 0.25) is 0 Å². The lowest BCUT2D eigenvalue weighted by Gasteiger charge is -2.32. The van der Waals surface area contributed by atoms with Crippen LogP contribution in [0, 0.1) is 0 Å². The van der Waals surface area contributed by atoms with E-state index in [4.69, 9.17) is 15.7 Å². The first-order valence-corrected chi connectivity index (χ1v) is 10.8. The van der Waals surface area contributed by atoms with Crippen LogP contribution in [0.3, 0.4) is 0 Å². The fourth-order valence-corrected chi connectivity index (χ4v) is 4.26. The summed E-state index contributed by atoms with van der Waals surface area (Å²) in [5.41, 5.74) is 11.7. The van der Waals surface area contributed by atoms with Crippen molar-refractivity contribution in [1.29, 1.82) is 0 Å². The number of nitrogens with zero attached hydrogens (tertiary/aromatic N) is 4. The van der Waals surface area contributed by atoms with E-state index >= 15 is 0 Å². The number of allylic oxidation sites excluding steroid dienone is 2. The summed E-state index contributed by atoms with van der Waals surface area (Å²) < 4.78 is 2.21. The third-order valence-electron chi connectivity index (χ3n) is 5.98. The lowest BCUT2D eigenvalue weighted by Crippen LogP contribution is -2.30. The first kappa shape index (κ1) is 20.2. The molecule has 6 heteroatoms. The van der Waals surface area contributed by atoms with Gasteiger partial charge in [0.05, 0.1) is 16.8 Å². The minimum absolute atomic E-state index is 0.341. The summed E-state index contributed by atoms with van der Waals surface area (Å²) in [5, 5.41) is 3.22. The highest BCUT2D eigenvalue weighted by Gasteiger charge is 2.31. The van der Waals surface area contributed by atoms with Crippen molar-refractivity contribution < 1.29 is 0 Å². The molecule has 0 saturated heterocycles. The number of aromatic nitrogens is 4. The smallest absolute Gasteiger partial charge is 0.161 e. The van der Waals surface area contributed by atoms with Crippen molar-refractivity contribution in [2.75, 3.05) is 19.3 Å². The molecular formula is C26H26N6. The van der Waals surface area contributed by atoms with E-state index in [-0.39, 0.29) is 5.54 Å². The minimum Gasteiger partial charge on any atom is -0.383 e. The number of nitrogen functional groups attached to an aromatic ring is 1. The van der Waals surface area contributed by atoms with Gasteiger partial charge in [-0.05, 0) is 50.2 Å². The zero-order valence-corrected chi connectivity index (χ0v) is 18.3. The second-order valence-electron chi connectivity index (χ2n) is 8.32. The van der Waals surface area contributed by atoms with E-state index in [1.54, 1.807) is 6.20 Å². The fourth-order valence-electron chi connectivity index (χ4n) is 4.26. The number of likely N-dealkylation sites (N-methyl/N-ethyl adjacent to an activating group) is 1. The number of hydrogen-bond acceptors (Lipinski definition) is 5. The lowest BCUT2D eigenvalue weighted by atomic mass is 9.89. The zero-order chi connectivity index (χ0) is 22.1. The van der Waals surface area contributed by atoms with Crippen LogP contribution in [-0.2, 0) is 5.54 Å². The van der Waals surface area contributed by atoms with Gasteiger partial charge in [0, 0.05) is 18.3 Å². The van der Waals surface area contributed by atoms with Crippen LogP contribution in [0.2, 0.25) is 0 Å². The standard InChI is InChI=1S/C26H26N6/c1-26(14-12-18(13-15-26)17-28-2)32-24(20-9-6-16-29-23(20)27)31-22-11-10-21(30-25(22)32)19-7-4-3-5-8-19/h3-14,16,28H,15,17H2,1-2H3,(H2,27,29). The summed E-state index contributed by atoms with van der Waals surface area (Å²) >= 11 is 0. The topological polar surface area (TPSA) is 81.7 Å². The second-order valence-corrected chi connectivity index (χ2v) is 8.32. The van der Waals surface area contributed by atoms with Crippen molar-refractivity contribution >= 4 is 17.0 Å². The predicted molar refractivity (Wildman–Crippen MR) is 130 cm³/mol. The molecule has 0 spiro atoms. The summed E-state index contributed by atoms with van der Waals surface area (Å²) in [6.45, 7) is 3.06. The molecule has 1 aliphatic carbocycles. The Kier molecular flexibility index (Phi) is 5.07. The number of rotatable bonds is 5. The molecule has 1 unspecified atom stereocenters. The number of anilines is 1. The number of nitrogens with one attached hydrogen (secondary N) is 1. The number of fused-ring (bicyclic) bond motifs is 1. The molecule has 0 saturated carbocycles. The number of hydrogen-bond donors (Lipinski definition) is 2. The Morgan fingerprint density at radius 2 is 1.91 bits per heavy atom. The molecule has 0 radical (unpaired) electrons. The van der Waals surface area contributed by atoms with Gasteiger partial charge < -0.3 is 11.1 Å². The summed E-state index contributed by atoms with van der Waals surface area (Å²) in [7, 11) is 1.96. The molecule has 3 heterocycles. The molecule has 3 N–H and O–H groups in total. The Balaban J connectivity index is 1.74. The van der Waals surface area contributed by atoms with Crippen LogP contribution in [0.1, 0.15) is 13.3 Å². The monoisotopic (exact) mass is 422 g/mol. The summed E-state index contributed by atoms with van der Waals surface area (Å²) in [5.74, 6) is 1.24. The van der Waals surface area contributed by atoms with Crippen molar-refractivity contribution in [3.05, 3.63) is 84.6 Å². The first-order chi connectivity index (χ1) is 15.6. The van der Waals surface area contributed by atoms with Gasteiger partial charge in [-0.2, -0.15) is 0 Å². The Morgan fingerprint density at radius 3 is 2.62 bits per heavy atom. The average Bonchev–Trinajstić information content (AvgIpc) is 3.21. The maximum absolute atomic E-state index is 6.28.